The number of benzene rings is 1. The van der Waals surface area contributed by atoms with Crippen molar-refractivity contribution < 1.29 is 14.3 Å². The van der Waals surface area contributed by atoms with E-state index < -0.39 is 0 Å². The number of carbonyl (C=O) groups is 1. The molecule has 7 heteroatoms. The van der Waals surface area contributed by atoms with Gasteiger partial charge in [-0.2, -0.15) is 0 Å². The van der Waals surface area contributed by atoms with Crippen LogP contribution in [0.1, 0.15) is 44.7 Å². The molecule has 2 atom stereocenters. The van der Waals surface area contributed by atoms with E-state index in [0.717, 1.165) is 37.9 Å². The van der Waals surface area contributed by atoms with Crippen LogP contribution in [-0.4, -0.2) is 63.8 Å². The molecule has 0 amide bonds. The van der Waals surface area contributed by atoms with E-state index >= 15 is 0 Å². The Morgan fingerprint density at radius 1 is 1.14 bits per heavy atom. The van der Waals surface area contributed by atoms with E-state index in [1.807, 2.05) is 26.0 Å². The Morgan fingerprint density at radius 2 is 1.83 bits per heavy atom. The molecule has 162 valence electrons. The molecule has 1 aromatic carbocycles. The average molecular weight is 405 g/mol. The third-order valence-electron chi connectivity index (χ3n) is 5.27. The Morgan fingerprint density at radius 3 is 2.41 bits per heavy atom. The fourth-order valence-electron chi connectivity index (χ4n) is 3.55. The average Bonchev–Trinajstić information content (AvgIpc) is 2.77. The van der Waals surface area contributed by atoms with E-state index in [1.165, 1.54) is 31.9 Å². The summed E-state index contributed by atoms with van der Waals surface area (Å²) < 4.78 is 10.1. The molecule has 2 N–H and O–H groups in total. The number of nitrogens with zero attached hydrogens (tertiary/aromatic N) is 2. The molecule has 2 unspecified atom stereocenters. The zero-order valence-electron chi connectivity index (χ0n) is 18.2. The van der Waals surface area contributed by atoms with Gasteiger partial charge in [0.25, 0.3) is 0 Å². The van der Waals surface area contributed by atoms with Crippen LogP contribution in [0.4, 0.5) is 0 Å². The Hall–Kier alpha value is -2.28. The standard InChI is InChI=1S/C22H36N4O3/c1-5-23-22(24-15-17(2)21(27)29-4)25-16-20(26-13-7-6-8-14-26)18-9-11-19(28-3)12-10-18/h9-12,17,20H,5-8,13-16H2,1-4H3,(H2,23,24,25). The van der Waals surface area contributed by atoms with Gasteiger partial charge in [0.2, 0.25) is 0 Å². The van der Waals surface area contributed by atoms with E-state index in [9.17, 15) is 4.79 Å². The number of carbonyl (C=O) groups excluding carboxylic acids is 1. The molecule has 0 aliphatic carbocycles. The quantitative estimate of drug-likeness (QED) is 0.374. The van der Waals surface area contributed by atoms with Crippen molar-refractivity contribution in [2.75, 3.05) is 46.9 Å². The Bertz CT molecular complexity index is 642. The van der Waals surface area contributed by atoms with Crippen molar-refractivity contribution in [3.05, 3.63) is 29.8 Å². The summed E-state index contributed by atoms with van der Waals surface area (Å²) in [6.07, 6.45) is 3.77. The third kappa shape index (κ3) is 7.24. The van der Waals surface area contributed by atoms with E-state index in [1.54, 1.807) is 7.11 Å². The van der Waals surface area contributed by atoms with Crippen LogP contribution in [-0.2, 0) is 9.53 Å². The van der Waals surface area contributed by atoms with Crippen LogP contribution < -0.4 is 15.4 Å². The SMILES string of the molecule is CCNC(=NCC(C)C(=O)OC)NCC(c1ccc(OC)cc1)N1CCCCC1. The highest BCUT2D eigenvalue weighted by atomic mass is 16.5. The monoisotopic (exact) mass is 404 g/mol. The van der Waals surface area contributed by atoms with Crippen LogP contribution in [0.15, 0.2) is 29.3 Å². The second kappa shape index (κ2) is 12.3. The number of likely N-dealkylation sites (tertiary alicyclic amines) is 1. The van der Waals surface area contributed by atoms with Crippen LogP contribution in [0.2, 0.25) is 0 Å². The van der Waals surface area contributed by atoms with E-state index in [0.29, 0.717) is 6.54 Å². The smallest absolute Gasteiger partial charge is 0.310 e. The van der Waals surface area contributed by atoms with Gasteiger partial charge in [0.1, 0.15) is 5.75 Å². The summed E-state index contributed by atoms with van der Waals surface area (Å²) in [6.45, 7) is 7.95. The number of ether oxygens (including phenoxy) is 2. The zero-order valence-corrected chi connectivity index (χ0v) is 18.2. The summed E-state index contributed by atoms with van der Waals surface area (Å²) in [5.41, 5.74) is 1.26. The number of hydrogen-bond acceptors (Lipinski definition) is 5. The molecule has 1 heterocycles. The largest absolute Gasteiger partial charge is 0.497 e. The molecule has 1 aliphatic heterocycles. The second-order valence-corrected chi connectivity index (χ2v) is 7.41. The van der Waals surface area contributed by atoms with Crippen molar-refractivity contribution in [2.24, 2.45) is 10.9 Å². The maximum absolute atomic E-state index is 11.6. The Kier molecular flexibility index (Phi) is 9.77. The molecule has 7 nitrogen and oxygen atoms in total. The number of nitrogens with one attached hydrogen (secondary N) is 2. The molecule has 1 aliphatic rings. The first-order valence-corrected chi connectivity index (χ1v) is 10.6. The first-order chi connectivity index (χ1) is 14.1. The van der Waals surface area contributed by atoms with Gasteiger partial charge in [-0.15, -0.1) is 0 Å². The minimum Gasteiger partial charge on any atom is -0.497 e. The molecule has 1 aromatic rings. The lowest BCUT2D eigenvalue weighted by molar-refractivity contribution is -0.144. The molecule has 1 saturated heterocycles. The predicted octanol–water partition coefficient (Wildman–Crippen LogP) is 2.59. The van der Waals surface area contributed by atoms with Crippen molar-refractivity contribution in [1.29, 1.82) is 0 Å². The molecule has 2 rings (SSSR count). The summed E-state index contributed by atoms with van der Waals surface area (Å²) in [4.78, 5) is 18.8. The maximum atomic E-state index is 11.6. The summed E-state index contributed by atoms with van der Waals surface area (Å²) in [6, 6.07) is 8.57. The minimum atomic E-state index is -0.269. The van der Waals surface area contributed by atoms with Crippen molar-refractivity contribution in [1.82, 2.24) is 15.5 Å². The molecule has 29 heavy (non-hydrogen) atoms. The highest BCUT2D eigenvalue weighted by molar-refractivity contribution is 5.80. The van der Waals surface area contributed by atoms with Crippen LogP contribution >= 0.6 is 0 Å². The molecule has 0 saturated carbocycles. The molecule has 1 fully saturated rings. The lowest BCUT2D eigenvalue weighted by Crippen LogP contribution is -2.44. The number of hydrogen-bond donors (Lipinski definition) is 2. The number of piperidine rings is 1. The molecular formula is C22H36N4O3. The maximum Gasteiger partial charge on any atom is 0.310 e. The van der Waals surface area contributed by atoms with E-state index in [2.05, 4.69) is 32.7 Å². The summed E-state index contributed by atoms with van der Waals surface area (Å²) in [5, 5.41) is 6.74. The van der Waals surface area contributed by atoms with Crippen molar-refractivity contribution in [2.45, 2.75) is 39.2 Å². The Balaban J connectivity index is 2.09. The fourth-order valence-corrected chi connectivity index (χ4v) is 3.55. The molecule has 0 radical (unpaired) electrons. The zero-order chi connectivity index (χ0) is 21.1. The van der Waals surface area contributed by atoms with Crippen LogP contribution in [0.5, 0.6) is 5.75 Å². The van der Waals surface area contributed by atoms with Crippen LogP contribution in [0.25, 0.3) is 0 Å². The number of rotatable bonds is 9. The number of guanidine groups is 1. The van der Waals surface area contributed by atoms with Gasteiger partial charge in [-0.05, 0) is 50.6 Å². The van der Waals surface area contributed by atoms with Gasteiger partial charge in [-0.1, -0.05) is 25.5 Å². The fraction of sp³-hybridized carbons (Fsp3) is 0.636. The van der Waals surface area contributed by atoms with Gasteiger partial charge in [-0.25, -0.2) is 0 Å². The summed E-state index contributed by atoms with van der Waals surface area (Å²) in [7, 11) is 3.09. The Labute approximate surface area is 174 Å². The summed E-state index contributed by atoms with van der Waals surface area (Å²) >= 11 is 0. The van der Waals surface area contributed by atoms with Crippen molar-refractivity contribution in [3.63, 3.8) is 0 Å². The summed E-state index contributed by atoms with van der Waals surface area (Å²) in [5.74, 6) is 1.08. The van der Waals surface area contributed by atoms with Gasteiger partial charge >= 0.3 is 5.97 Å². The molecule has 0 aromatic heterocycles. The number of methoxy groups -OCH3 is 2. The van der Waals surface area contributed by atoms with Gasteiger partial charge in [0.15, 0.2) is 5.96 Å². The second-order valence-electron chi connectivity index (χ2n) is 7.41. The predicted molar refractivity (Wildman–Crippen MR) is 116 cm³/mol. The highest BCUT2D eigenvalue weighted by Gasteiger charge is 2.23. The lowest BCUT2D eigenvalue weighted by Gasteiger charge is -2.35. The van der Waals surface area contributed by atoms with E-state index in [4.69, 9.17) is 9.47 Å². The van der Waals surface area contributed by atoms with Gasteiger partial charge < -0.3 is 20.1 Å². The van der Waals surface area contributed by atoms with Crippen LogP contribution in [0, 0.1) is 5.92 Å². The van der Waals surface area contributed by atoms with Crippen molar-refractivity contribution >= 4 is 11.9 Å². The van der Waals surface area contributed by atoms with Crippen molar-refractivity contribution in [3.8, 4) is 5.75 Å². The normalized spacial score (nSPS) is 17.3. The highest BCUT2D eigenvalue weighted by Crippen LogP contribution is 2.25. The third-order valence-corrected chi connectivity index (χ3v) is 5.27. The van der Waals surface area contributed by atoms with Gasteiger partial charge in [0, 0.05) is 13.1 Å². The van der Waals surface area contributed by atoms with Gasteiger partial charge in [0.05, 0.1) is 32.7 Å². The van der Waals surface area contributed by atoms with E-state index in [-0.39, 0.29) is 17.9 Å². The molecule has 0 bridgehead atoms. The molecular weight excluding hydrogens is 368 g/mol. The van der Waals surface area contributed by atoms with Gasteiger partial charge in [-0.3, -0.25) is 14.7 Å². The lowest BCUT2D eigenvalue weighted by atomic mass is 10.0. The topological polar surface area (TPSA) is 75.2 Å². The first kappa shape index (κ1) is 23.0. The first-order valence-electron chi connectivity index (χ1n) is 10.6. The minimum absolute atomic E-state index is 0.242. The number of esters is 1. The number of aliphatic imine (C=N–C) groups is 1. The van der Waals surface area contributed by atoms with Crippen LogP contribution in [0.3, 0.4) is 0 Å². The molecule has 0 spiro atoms.